The van der Waals surface area contributed by atoms with E-state index in [9.17, 15) is 4.79 Å². The van der Waals surface area contributed by atoms with Crippen LogP contribution in [-0.2, 0) is 4.74 Å². The highest BCUT2D eigenvalue weighted by Crippen LogP contribution is 2.20. The van der Waals surface area contributed by atoms with Gasteiger partial charge in [0.25, 0.3) is 5.56 Å². The molecule has 17 heavy (non-hydrogen) atoms. The van der Waals surface area contributed by atoms with Gasteiger partial charge in [-0.3, -0.25) is 4.79 Å². The van der Waals surface area contributed by atoms with Gasteiger partial charge in [-0.05, 0) is 12.5 Å². The van der Waals surface area contributed by atoms with Crippen LogP contribution in [-0.4, -0.2) is 17.1 Å². The van der Waals surface area contributed by atoms with Gasteiger partial charge in [-0.1, -0.05) is 24.3 Å². The molecule has 0 fully saturated rings. The summed E-state index contributed by atoms with van der Waals surface area (Å²) in [6, 6.07) is 9.31. The lowest BCUT2D eigenvalue weighted by molar-refractivity contribution is 0.119. The highest BCUT2D eigenvalue weighted by molar-refractivity contribution is 5.58. The summed E-state index contributed by atoms with van der Waals surface area (Å²) in [7, 11) is 1.68. The van der Waals surface area contributed by atoms with Crippen LogP contribution in [0.2, 0.25) is 0 Å². The minimum absolute atomic E-state index is 0.0659. The number of H-pyrrole nitrogens is 1. The number of hydrogen-bond donors (Lipinski definition) is 1. The first kappa shape index (κ1) is 11.5. The van der Waals surface area contributed by atoms with Crippen molar-refractivity contribution in [2.24, 2.45) is 0 Å². The van der Waals surface area contributed by atoms with E-state index in [0.29, 0.717) is 5.69 Å². The van der Waals surface area contributed by atoms with E-state index in [0.717, 1.165) is 11.1 Å². The van der Waals surface area contributed by atoms with E-state index in [4.69, 9.17) is 4.74 Å². The van der Waals surface area contributed by atoms with Crippen LogP contribution in [0.15, 0.2) is 41.5 Å². The maximum absolute atomic E-state index is 11.2. The molecule has 0 saturated carbocycles. The van der Waals surface area contributed by atoms with Gasteiger partial charge in [0.15, 0.2) is 0 Å². The van der Waals surface area contributed by atoms with Crippen LogP contribution in [0.5, 0.6) is 0 Å². The Morgan fingerprint density at radius 3 is 2.59 bits per heavy atom. The molecule has 0 radical (unpaired) electrons. The second-order valence-electron chi connectivity index (χ2n) is 3.80. The average molecular weight is 230 g/mol. The normalized spacial score (nSPS) is 12.4. The third-order valence-electron chi connectivity index (χ3n) is 2.71. The van der Waals surface area contributed by atoms with E-state index in [1.165, 1.54) is 12.4 Å². The molecule has 0 aliphatic rings. The Morgan fingerprint density at radius 2 is 2.00 bits per heavy atom. The Kier molecular flexibility index (Phi) is 3.35. The van der Waals surface area contributed by atoms with Crippen LogP contribution in [0.25, 0.3) is 11.3 Å². The van der Waals surface area contributed by atoms with Crippen molar-refractivity contribution in [3.63, 3.8) is 0 Å². The zero-order chi connectivity index (χ0) is 12.3. The molecule has 0 saturated heterocycles. The van der Waals surface area contributed by atoms with Crippen molar-refractivity contribution >= 4 is 0 Å². The molecule has 2 rings (SSSR count). The zero-order valence-corrected chi connectivity index (χ0v) is 9.81. The third-order valence-corrected chi connectivity index (χ3v) is 2.71. The van der Waals surface area contributed by atoms with Gasteiger partial charge < -0.3 is 9.72 Å². The number of nitrogens with one attached hydrogen (secondary N) is 1. The molecule has 2 aromatic rings. The third kappa shape index (κ3) is 2.60. The lowest BCUT2D eigenvalue weighted by atomic mass is 10.1. The molecule has 0 bridgehead atoms. The van der Waals surface area contributed by atoms with Crippen molar-refractivity contribution in [2.45, 2.75) is 13.0 Å². The number of nitrogens with zero attached hydrogens (tertiary/aromatic N) is 1. The number of hydrogen-bond acceptors (Lipinski definition) is 3. The number of ether oxygens (including phenoxy) is 1. The van der Waals surface area contributed by atoms with Crippen molar-refractivity contribution in [3.8, 4) is 11.3 Å². The van der Waals surface area contributed by atoms with E-state index < -0.39 is 0 Å². The lowest BCUT2D eigenvalue weighted by Crippen LogP contribution is -2.04. The molecule has 4 nitrogen and oxygen atoms in total. The molecule has 1 unspecified atom stereocenters. The van der Waals surface area contributed by atoms with Crippen molar-refractivity contribution in [1.82, 2.24) is 9.97 Å². The number of methoxy groups -OCH3 is 1. The fourth-order valence-corrected chi connectivity index (χ4v) is 1.59. The topological polar surface area (TPSA) is 55.0 Å². The summed E-state index contributed by atoms with van der Waals surface area (Å²) in [5.74, 6) is 0. The minimum atomic E-state index is -0.149. The molecule has 1 aromatic heterocycles. The second kappa shape index (κ2) is 4.93. The summed E-state index contributed by atoms with van der Waals surface area (Å²) in [6.45, 7) is 1.99. The van der Waals surface area contributed by atoms with Crippen molar-refractivity contribution < 1.29 is 4.74 Å². The van der Waals surface area contributed by atoms with Gasteiger partial charge in [0.2, 0.25) is 0 Å². The standard InChI is InChI=1S/C13H14N2O2/c1-9(17-2)10-3-5-11(6-4-10)12-7-13(16)15-8-14-12/h3-9H,1-2H3,(H,14,15,16). The van der Waals surface area contributed by atoms with E-state index >= 15 is 0 Å². The smallest absolute Gasteiger partial charge is 0.251 e. The molecule has 1 aromatic carbocycles. The van der Waals surface area contributed by atoms with Crippen LogP contribution in [0.4, 0.5) is 0 Å². The predicted octanol–water partition coefficient (Wildman–Crippen LogP) is 2.14. The highest BCUT2D eigenvalue weighted by atomic mass is 16.5. The summed E-state index contributed by atoms with van der Waals surface area (Å²) < 4.78 is 5.23. The summed E-state index contributed by atoms with van der Waals surface area (Å²) in [4.78, 5) is 17.8. The van der Waals surface area contributed by atoms with Crippen LogP contribution >= 0.6 is 0 Å². The molecule has 0 aliphatic heterocycles. The average Bonchev–Trinajstić information content (AvgIpc) is 2.38. The summed E-state index contributed by atoms with van der Waals surface area (Å²) in [6.07, 6.45) is 1.47. The van der Waals surface area contributed by atoms with Crippen molar-refractivity contribution in [1.29, 1.82) is 0 Å². The Hall–Kier alpha value is -1.94. The quantitative estimate of drug-likeness (QED) is 0.878. The molecule has 1 heterocycles. The van der Waals surface area contributed by atoms with Crippen molar-refractivity contribution in [2.75, 3.05) is 7.11 Å². The molecule has 1 atom stereocenters. The minimum Gasteiger partial charge on any atom is -0.377 e. The van der Waals surface area contributed by atoms with Gasteiger partial charge in [0, 0.05) is 18.7 Å². The van der Waals surface area contributed by atoms with Gasteiger partial charge in [0.05, 0.1) is 18.1 Å². The second-order valence-corrected chi connectivity index (χ2v) is 3.80. The molecule has 88 valence electrons. The molecular formula is C13H14N2O2. The maximum atomic E-state index is 11.2. The Balaban J connectivity index is 2.32. The zero-order valence-electron chi connectivity index (χ0n) is 9.81. The Morgan fingerprint density at radius 1 is 1.29 bits per heavy atom. The van der Waals surface area contributed by atoms with E-state index in [1.54, 1.807) is 7.11 Å². The number of rotatable bonds is 3. The fraction of sp³-hybridized carbons (Fsp3) is 0.231. The molecule has 0 spiro atoms. The van der Waals surface area contributed by atoms with E-state index in [1.807, 2.05) is 31.2 Å². The summed E-state index contributed by atoms with van der Waals surface area (Å²) in [5.41, 5.74) is 2.54. The van der Waals surface area contributed by atoms with Crippen LogP contribution in [0.1, 0.15) is 18.6 Å². The number of aromatic nitrogens is 2. The van der Waals surface area contributed by atoms with Crippen LogP contribution < -0.4 is 5.56 Å². The molecule has 0 amide bonds. The van der Waals surface area contributed by atoms with Gasteiger partial charge >= 0.3 is 0 Å². The van der Waals surface area contributed by atoms with E-state index in [2.05, 4.69) is 9.97 Å². The molecule has 1 N–H and O–H groups in total. The maximum Gasteiger partial charge on any atom is 0.251 e. The number of aromatic amines is 1. The Bertz CT molecular complexity index is 546. The Labute approximate surface area is 99.3 Å². The van der Waals surface area contributed by atoms with E-state index in [-0.39, 0.29) is 11.7 Å². The predicted molar refractivity (Wildman–Crippen MR) is 65.7 cm³/mol. The fourth-order valence-electron chi connectivity index (χ4n) is 1.59. The van der Waals surface area contributed by atoms with Gasteiger partial charge in [0.1, 0.15) is 0 Å². The van der Waals surface area contributed by atoms with Crippen molar-refractivity contribution in [3.05, 3.63) is 52.6 Å². The molecule has 4 heteroatoms. The van der Waals surface area contributed by atoms with Crippen LogP contribution in [0, 0.1) is 0 Å². The summed E-state index contributed by atoms with van der Waals surface area (Å²) >= 11 is 0. The van der Waals surface area contributed by atoms with Crippen LogP contribution in [0.3, 0.4) is 0 Å². The SMILES string of the molecule is COC(C)c1ccc(-c2cc(=O)[nH]cn2)cc1. The highest BCUT2D eigenvalue weighted by Gasteiger charge is 2.04. The van der Waals surface area contributed by atoms with Gasteiger partial charge in [-0.25, -0.2) is 4.98 Å². The summed E-state index contributed by atoms with van der Waals surface area (Å²) in [5, 5.41) is 0. The lowest BCUT2D eigenvalue weighted by Gasteiger charge is -2.10. The first-order valence-electron chi connectivity index (χ1n) is 5.38. The van der Waals surface area contributed by atoms with Gasteiger partial charge in [-0.2, -0.15) is 0 Å². The molecular weight excluding hydrogens is 216 g/mol. The monoisotopic (exact) mass is 230 g/mol. The first-order chi connectivity index (χ1) is 8.20. The van der Waals surface area contributed by atoms with Gasteiger partial charge in [-0.15, -0.1) is 0 Å². The first-order valence-corrected chi connectivity index (χ1v) is 5.38. The molecule has 0 aliphatic carbocycles. The largest absolute Gasteiger partial charge is 0.377 e. The number of benzene rings is 1.